The highest BCUT2D eigenvalue weighted by molar-refractivity contribution is 7.93. The molecule has 37 heavy (non-hydrogen) atoms. The maximum Gasteiger partial charge on any atom is 0.264 e. The summed E-state index contributed by atoms with van der Waals surface area (Å²) in [6.07, 6.45) is 1.45. The molecule has 4 rings (SSSR count). The van der Waals surface area contributed by atoms with Crippen LogP contribution in [0.25, 0.3) is 0 Å². The number of sulfonamides is 2. The third-order valence-electron chi connectivity index (χ3n) is 5.34. The molecule has 0 fully saturated rings. The summed E-state index contributed by atoms with van der Waals surface area (Å²) in [5, 5.41) is 2.66. The van der Waals surface area contributed by atoms with Crippen LogP contribution >= 0.6 is 0 Å². The van der Waals surface area contributed by atoms with Gasteiger partial charge >= 0.3 is 0 Å². The van der Waals surface area contributed by atoms with Crippen LogP contribution < -0.4 is 14.3 Å². The third kappa shape index (κ3) is 5.93. The maximum atomic E-state index is 12.9. The molecule has 2 N–H and O–H groups in total. The molecule has 10 nitrogen and oxygen atoms in total. The van der Waals surface area contributed by atoms with Gasteiger partial charge in [0, 0.05) is 30.2 Å². The van der Waals surface area contributed by atoms with Crippen molar-refractivity contribution < 1.29 is 21.6 Å². The van der Waals surface area contributed by atoms with Crippen LogP contribution in [0.3, 0.4) is 0 Å². The van der Waals surface area contributed by atoms with Gasteiger partial charge in [-0.05, 0) is 73.7 Å². The first-order valence-corrected chi connectivity index (χ1v) is 13.9. The Hall–Kier alpha value is -4.29. The topological polar surface area (TPSA) is 138 Å². The number of nitrogens with one attached hydrogen (secondary N) is 2. The van der Waals surface area contributed by atoms with Gasteiger partial charge < -0.3 is 5.32 Å². The smallest absolute Gasteiger partial charge is 0.264 e. The van der Waals surface area contributed by atoms with E-state index in [1.165, 1.54) is 61.8 Å². The molecule has 4 aromatic rings. The van der Waals surface area contributed by atoms with Crippen LogP contribution in [0.15, 0.2) is 101 Å². The average molecular weight is 538 g/mol. The van der Waals surface area contributed by atoms with E-state index in [0.29, 0.717) is 17.1 Å². The lowest BCUT2D eigenvalue weighted by Gasteiger charge is -2.19. The van der Waals surface area contributed by atoms with Gasteiger partial charge in [0.25, 0.3) is 26.0 Å². The van der Waals surface area contributed by atoms with Crippen LogP contribution in [0.4, 0.5) is 17.3 Å². The number of amides is 1. The molecular weight excluding hydrogens is 514 g/mol. The molecule has 1 heterocycles. The van der Waals surface area contributed by atoms with Crippen molar-refractivity contribution in [3.63, 3.8) is 0 Å². The van der Waals surface area contributed by atoms with Crippen molar-refractivity contribution >= 4 is 43.3 Å². The van der Waals surface area contributed by atoms with Gasteiger partial charge in [0.1, 0.15) is 0 Å². The monoisotopic (exact) mass is 537 g/mol. The molecule has 0 bridgehead atoms. The zero-order chi connectivity index (χ0) is 26.6. The van der Waals surface area contributed by atoms with Crippen molar-refractivity contribution in [2.24, 2.45) is 0 Å². The Kier molecular flexibility index (Phi) is 7.23. The molecule has 12 heteroatoms. The molecule has 0 unspecified atom stereocenters. The standard InChI is InChI=1S/C25H23N5O5S2/c1-18-16-17-26-25(27-18)29-36(32,33)22-14-10-20(11-15-22)28-24(31)19-8-12-23(13-9-19)37(34,35)30(2)21-6-4-3-5-7-21/h3-17H,1-2H3,(H,28,31)(H,26,27,29). The fourth-order valence-electron chi connectivity index (χ4n) is 3.31. The average Bonchev–Trinajstić information content (AvgIpc) is 2.89. The minimum atomic E-state index is -3.92. The summed E-state index contributed by atoms with van der Waals surface area (Å²) in [4.78, 5) is 20.6. The molecule has 0 saturated heterocycles. The lowest BCUT2D eigenvalue weighted by atomic mass is 10.2. The van der Waals surface area contributed by atoms with E-state index in [2.05, 4.69) is 20.0 Å². The molecule has 3 aromatic carbocycles. The molecule has 0 aliphatic rings. The number of rotatable bonds is 8. The van der Waals surface area contributed by atoms with Gasteiger partial charge in [-0.3, -0.25) is 9.10 Å². The maximum absolute atomic E-state index is 12.9. The Bertz CT molecular complexity index is 1630. The summed E-state index contributed by atoms with van der Waals surface area (Å²) >= 11 is 0. The van der Waals surface area contributed by atoms with Crippen LogP contribution in [0, 0.1) is 6.92 Å². The molecule has 190 valence electrons. The number of aryl methyl sites for hydroxylation is 1. The number of carbonyl (C=O) groups excluding carboxylic acids is 1. The van der Waals surface area contributed by atoms with Crippen molar-refractivity contribution in [3.05, 3.63) is 102 Å². The fraction of sp³-hybridized carbons (Fsp3) is 0.0800. The van der Waals surface area contributed by atoms with Gasteiger partial charge in [-0.2, -0.15) is 0 Å². The number of anilines is 3. The van der Waals surface area contributed by atoms with Crippen molar-refractivity contribution in [1.29, 1.82) is 0 Å². The summed E-state index contributed by atoms with van der Waals surface area (Å²) < 4.78 is 54.5. The van der Waals surface area contributed by atoms with Crippen LogP contribution in [-0.2, 0) is 20.0 Å². The van der Waals surface area contributed by atoms with Crippen LogP contribution in [0.1, 0.15) is 16.1 Å². The van der Waals surface area contributed by atoms with Crippen LogP contribution in [0.2, 0.25) is 0 Å². The molecule has 0 spiro atoms. The molecule has 0 saturated carbocycles. The first-order valence-electron chi connectivity index (χ1n) is 10.9. The first-order chi connectivity index (χ1) is 17.6. The number of hydrogen-bond acceptors (Lipinski definition) is 7. The highest BCUT2D eigenvalue weighted by atomic mass is 32.2. The van der Waals surface area contributed by atoms with Gasteiger partial charge in [0.05, 0.1) is 15.5 Å². The lowest BCUT2D eigenvalue weighted by Crippen LogP contribution is -2.26. The summed E-state index contributed by atoms with van der Waals surface area (Å²) in [5.41, 5.74) is 1.71. The molecule has 0 radical (unpaired) electrons. The zero-order valence-electron chi connectivity index (χ0n) is 19.9. The Balaban J connectivity index is 1.44. The van der Waals surface area contributed by atoms with E-state index in [0.717, 1.165) is 4.31 Å². The lowest BCUT2D eigenvalue weighted by molar-refractivity contribution is 0.102. The van der Waals surface area contributed by atoms with E-state index in [1.54, 1.807) is 43.3 Å². The number of carbonyl (C=O) groups is 1. The molecule has 0 atom stereocenters. The molecule has 1 aromatic heterocycles. The van der Waals surface area contributed by atoms with Gasteiger partial charge in [0.15, 0.2) is 0 Å². The SMILES string of the molecule is Cc1ccnc(NS(=O)(=O)c2ccc(NC(=O)c3ccc(S(=O)(=O)N(C)c4ccccc4)cc3)cc2)n1. The summed E-state index contributed by atoms with van der Waals surface area (Å²) in [6.45, 7) is 1.71. The summed E-state index contributed by atoms with van der Waals surface area (Å²) in [5.74, 6) is -0.528. The van der Waals surface area contributed by atoms with Crippen LogP contribution in [0.5, 0.6) is 0 Å². The van der Waals surface area contributed by atoms with Crippen molar-refractivity contribution in [1.82, 2.24) is 9.97 Å². The fourth-order valence-corrected chi connectivity index (χ4v) is 5.46. The predicted molar refractivity (Wildman–Crippen MR) is 140 cm³/mol. The number of para-hydroxylation sites is 1. The van der Waals surface area contributed by atoms with E-state index in [1.807, 2.05) is 0 Å². The van der Waals surface area contributed by atoms with E-state index in [4.69, 9.17) is 0 Å². The van der Waals surface area contributed by atoms with Gasteiger partial charge in [-0.1, -0.05) is 18.2 Å². The first kappa shape index (κ1) is 25.8. The Labute approximate surface area is 215 Å². The van der Waals surface area contributed by atoms with E-state index in [9.17, 15) is 21.6 Å². The number of hydrogen-bond donors (Lipinski definition) is 2. The second-order valence-corrected chi connectivity index (χ2v) is 11.6. The number of benzene rings is 3. The minimum Gasteiger partial charge on any atom is -0.322 e. The highest BCUT2D eigenvalue weighted by Crippen LogP contribution is 2.22. The molecule has 0 aliphatic carbocycles. The molecular formula is C25H23N5O5S2. The van der Waals surface area contributed by atoms with Gasteiger partial charge in [0.2, 0.25) is 5.95 Å². The molecule has 1 amide bonds. The number of aromatic nitrogens is 2. The quantitative estimate of drug-likeness (QED) is 0.350. The molecule has 0 aliphatic heterocycles. The Morgan fingerprint density at radius 3 is 2.05 bits per heavy atom. The third-order valence-corrected chi connectivity index (χ3v) is 8.48. The normalized spacial score (nSPS) is 11.5. The predicted octanol–water partition coefficient (Wildman–Crippen LogP) is 3.66. The highest BCUT2D eigenvalue weighted by Gasteiger charge is 2.22. The summed E-state index contributed by atoms with van der Waals surface area (Å²) in [6, 6.07) is 21.4. The van der Waals surface area contributed by atoms with Crippen LogP contribution in [-0.4, -0.2) is 39.8 Å². The van der Waals surface area contributed by atoms with Crippen molar-refractivity contribution in [2.75, 3.05) is 21.4 Å². The minimum absolute atomic E-state index is 0.0345. The van der Waals surface area contributed by atoms with Gasteiger partial charge in [-0.15, -0.1) is 0 Å². The zero-order valence-corrected chi connectivity index (χ0v) is 21.5. The van der Waals surface area contributed by atoms with E-state index < -0.39 is 26.0 Å². The van der Waals surface area contributed by atoms with Gasteiger partial charge in [-0.25, -0.2) is 31.5 Å². The Morgan fingerprint density at radius 1 is 0.811 bits per heavy atom. The largest absolute Gasteiger partial charge is 0.322 e. The second-order valence-electron chi connectivity index (χ2n) is 7.94. The van der Waals surface area contributed by atoms with E-state index in [-0.39, 0.29) is 21.3 Å². The second kappa shape index (κ2) is 10.4. The summed E-state index contributed by atoms with van der Waals surface area (Å²) in [7, 11) is -6.27. The Morgan fingerprint density at radius 2 is 1.43 bits per heavy atom. The van der Waals surface area contributed by atoms with Crippen molar-refractivity contribution in [2.45, 2.75) is 16.7 Å². The van der Waals surface area contributed by atoms with Crippen molar-refractivity contribution in [3.8, 4) is 0 Å². The van der Waals surface area contributed by atoms with E-state index >= 15 is 0 Å². The number of nitrogens with zero attached hydrogens (tertiary/aromatic N) is 3.